The normalized spacial score (nSPS) is 17.3. The van der Waals surface area contributed by atoms with Crippen molar-refractivity contribution in [3.05, 3.63) is 79.4 Å². The SMILES string of the molecule is CCc1cc(C2CC=C(S(=O)(=O)NCc3ccccc3)S2)c(C)[nH]c1=O. The van der Waals surface area contributed by atoms with Crippen molar-refractivity contribution in [2.45, 2.75) is 38.5 Å². The summed E-state index contributed by atoms with van der Waals surface area (Å²) >= 11 is 1.33. The molecule has 138 valence electrons. The molecule has 2 N–H and O–H groups in total. The summed E-state index contributed by atoms with van der Waals surface area (Å²) in [6, 6.07) is 11.3. The quantitative estimate of drug-likeness (QED) is 0.792. The van der Waals surface area contributed by atoms with Crippen molar-refractivity contribution < 1.29 is 8.42 Å². The van der Waals surface area contributed by atoms with Gasteiger partial charge in [-0.15, -0.1) is 11.8 Å². The van der Waals surface area contributed by atoms with E-state index in [1.165, 1.54) is 11.8 Å². The van der Waals surface area contributed by atoms with E-state index in [0.29, 0.717) is 17.1 Å². The standard InChI is InChI=1S/C19H22N2O3S2/c1-3-15-11-16(13(2)21-19(15)22)17-9-10-18(25-17)26(23,24)20-12-14-7-5-4-6-8-14/h4-8,10-11,17,20H,3,9,12H2,1-2H3,(H,21,22). The van der Waals surface area contributed by atoms with E-state index in [1.807, 2.05) is 50.2 Å². The predicted molar refractivity (Wildman–Crippen MR) is 106 cm³/mol. The minimum Gasteiger partial charge on any atom is -0.326 e. The molecular weight excluding hydrogens is 368 g/mol. The van der Waals surface area contributed by atoms with Crippen molar-refractivity contribution in [2.75, 3.05) is 0 Å². The van der Waals surface area contributed by atoms with Crippen LogP contribution >= 0.6 is 11.8 Å². The Hall–Kier alpha value is -1.83. The first-order chi connectivity index (χ1) is 12.4. The van der Waals surface area contributed by atoms with Crippen LogP contribution in [0.5, 0.6) is 0 Å². The Kier molecular flexibility index (Phi) is 5.70. The number of thioether (sulfide) groups is 1. The van der Waals surface area contributed by atoms with E-state index in [1.54, 1.807) is 6.08 Å². The predicted octanol–water partition coefficient (Wildman–Crippen LogP) is 3.38. The lowest BCUT2D eigenvalue weighted by Gasteiger charge is -2.15. The molecule has 3 rings (SSSR count). The molecular formula is C19H22N2O3S2. The van der Waals surface area contributed by atoms with Crippen LogP contribution in [0.1, 0.15) is 41.0 Å². The molecule has 1 atom stereocenters. The first kappa shape index (κ1) is 18.9. The monoisotopic (exact) mass is 390 g/mol. The Morgan fingerprint density at radius 3 is 2.69 bits per heavy atom. The molecule has 0 bridgehead atoms. The van der Waals surface area contributed by atoms with Crippen LogP contribution in [-0.4, -0.2) is 13.4 Å². The van der Waals surface area contributed by atoms with E-state index in [9.17, 15) is 13.2 Å². The molecule has 1 aliphatic rings. The molecule has 0 amide bonds. The highest BCUT2D eigenvalue weighted by Gasteiger charge is 2.29. The number of nitrogens with one attached hydrogen (secondary N) is 2. The first-order valence-corrected chi connectivity index (χ1v) is 10.9. The van der Waals surface area contributed by atoms with E-state index in [2.05, 4.69) is 9.71 Å². The zero-order valence-electron chi connectivity index (χ0n) is 14.8. The number of pyridine rings is 1. The zero-order chi connectivity index (χ0) is 18.7. The Labute approximate surface area is 158 Å². The van der Waals surface area contributed by atoms with Gasteiger partial charge in [0.15, 0.2) is 0 Å². The molecule has 0 saturated heterocycles. The fraction of sp³-hybridized carbons (Fsp3) is 0.316. The van der Waals surface area contributed by atoms with E-state index < -0.39 is 10.0 Å². The van der Waals surface area contributed by atoms with Gasteiger partial charge < -0.3 is 4.98 Å². The van der Waals surface area contributed by atoms with E-state index in [4.69, 9.17) is 0 Å². The molecule has 5 nitrogen and oxygen atoms in total. The fourth-order valence-corrected chi connectivity index (χ4v) is 5.81. The van der Waals surface area contributed by atoms with E-state index in [0.717, 1.165) is 22.4 Å². The molecule has 1 unspecified atom stereocenters. The van der Waals surface area contributed by atoms with Crippen molar-refractivity contribution in [1.82, 2.24) is 9.71 Å². The number of rotatable bonds is 6. The number of aryl methyl sites for hydroxylation is 2. The van der Waals surface area contributed by atoms with Gasteiger partial charge in [-0.3, -0.25) is 4.79 Å². The molecule has 1 aliphatic heterocycles. The molecule has 26 heavy (non-hydrogen) atoms. The van der Waals surface area contributed by atoms with Crippen molar-refractivity contribution >= 4 is 21.8 Å². The van der Waals surface area contributed by atoms with Crippen molar-refractivity contribution in [2.24, 2.45) is 0 Å². The average Bonchev–Trinajstić information content (AvgIpc) is 3.12. The molecule has 0 saturated carbocycles. The van der Waals surface area contributed by atoms with Gasteiger partial charge in [0.1, 0.15) is 4.24 Å². The fourth-order valence-electron chi connectivity index (χ4n) is 2.93. The summed E-state index contributed by atoms with van der Waals surface area (Å²) in [5.41, 5.74) is 3.37. The van der Waals surface area contributed by atoms with Gasteiger partial charge in [-0.1, -0.05) is 43.3 Å². The Morgan fingerprint density at radius 1 is 1.27 bits per heavy atom. The molecule has 2 aromatic rings. The van der Waals surface area contributed by atoms with E-state index in [-0.39, 0.29) is 17.4 Å². The number of benzene rings is 1. The summed E-state index contributed by atoms with van der Waals surface area (Å²) in [6.45, 7) is 4.06. The largest absolute Gasteiger partial charge is 0.326 e. The van der Waals surface area contributed by atoms with Gasteiger partial charge >= 0.3 is 0 Å². The van der Waals surface area contributed by atoms with Gasteiger partial charge in [-0.25, -0.2) is 13.1 Å². The molecule has 0 fully saturated rings. The summed E-state index contributed by atoms with van der Waals surface area (Å²) < 4.78 is 28.2. The third kappa shape index (κ3) is 4.11. The third-order valence-electron chi connectivity index (χ3n) is 4.41. The number of sulfonamides is 1. The number of aromatic nitrogens is 1. The minimum atomic E-state index is -3.53. The molecule has 0 radical (unpaired) electrons. The van der Waals surface area contributed by atoms with Crippen LogP contribution in [0, 0.1) is 6.92 Å². The van der Waals surface area contributed by atoms with Crippen molar-refractivity contribution in [1.29, 1.82) is 0 Å². The molecule has 1 aromatic carbocycles. The van der Waals surface area contributed by atoms with Crippen LogP contribution in [0.4, 0.5) is 0 Å². The zero-order valence-corrected chi connectivity index (χ0v) is 16.4. The van der Waals surface area contributed by atoms with Crippen molar-refractivity contribution in [3.63, 3.8) is 0 Å². The Balaban J connectivity index is 1.72. The van der Waals surface area contributed by atoms with Gasteiger partial charge in [0.25, 0.3) is 5.56 Å². The summed E-state index contributed by atoms with van der Waals surface area (Å²) in [5, 5.41) is 0.000417. The molecule has 2 heterocycles. The summed E-state index contributed by atoms with van der Waals surface area (Å²) in [7, 11) is -3.53. The highest BCUT2D eigenvalue weighted by Crippen LogP contribution is 2.46. The second-order valence-corrected chi connectivity index (χ2v) is 9.47. The number of hydrogen-bond donors (Lipinski definition) is 2. The Morgan fingerprint density at radius 2 is 2.00 bits per heavy atom. The lowest BCUT2D eigenvalue weighted by molar-refractivity contribution is 0.590. The Bertz CT molecular complexity index is 980. The molecule has 7 heteroatoms. The number of allylic oxidation sites excluding steroid dienone is 1. The minimum absolute atomic E-state index is 0.000417. The molecule has 1 aromatic heterocycles. The van der Waals surface area contributed by atoms with Gasteiger partial charge in [0.2, 0.25) is 10.0 Å². The maximum Gasteiger partial charge on any atom is 0.251 e. The van der Waals surface area contributed by atoms with Crippen LogP contribution in [-0.2, 0) is 23.0 Å². The second-order valence-electron chi connectivity index (χ2n) is 6.23. The maximum absolute atomic E-state index is 12.6. The number of hydrogen-bond acceptors (Lipinski definition) is 4. The second kappa shape index (κ2) is 7.82. The van der Waals surface area contributed by atoms with E-state index >= 15 is 0 Å². The topological polar surface area (TPSA) is 79.0 Å². The van der Waals surface area contributed by atoms with Crippen LogP contribution in [0.15, 0.2) is 51.5 Å². The smallest absolute Gasteiger partial charge is 0.251 e. The maximum atomic E-state index is 12.6. The summed E-state index contributed by atoms with van der Waals surface area (Å²) in [4.78, 5) is 14.8. The van der Waals surface area contributed by atoms with Crippen LogP contribution < -0.4 is 10.3 Å². The van der Waals surface area contributed by atoms with Crippen LogP contribution in [0.2, 0.25) is 0 Å². The van der Waals surface area contributed by atoms with Gasteiger partial charge in [0, 0.05) is 23.1 Å². The number of H-pyrrole nitrogens is 1. The lowest BCUT2D eigenvalue weighted by Crippen LogP contribution is -2.23. The lowest BCUT2D eigenvalue weighted by atomic mass is 10.0. The number of aromatic amines is 1. The van der Waals surface area contributed by atoms with Crippen molar-refractivity contribution in [3.8, 4) is 0 Å². The van der Waals surface area contributed by atoms with Crippen LogP contribution in [0.25, 0.3) is 0 Å². The summed E-state index contributed by atoms with van der Waals surface area (Å²) in [6.07, 6.45) is 3.04. The van der Waals surface area contributed by atoms with Gasteiger partial charge in [-0.2, -0.15) is 0 Å². The highest BCUT2D eigenvalue weighted by atomic mass is 32.3. The summed E-state index contributed by atoms with van der Waals surface area (Å²) in [5.74, 6) is 0. The first-order valence-electron chi connectivity index (χ1n) is 8.54. The van der Waals surface area contributed by atoms with Crippen LogP contribution in [0.3, 0.4) is 0 Å². The average molecular weight is 391 g/mol. The van der Waals surface area contributed by atoms with Gasteiger partial charge in [0.05, 0.1) is 0 Å². The third-order valence-corrected chi connectivity index (χ3v) is 7.71. The molecule has 0 spiro atoms. The van der Waals surface area contributed by atoms with Gasteiger partial charge in [-0.05, 0) is 37.0 Å². The molecule has 0 aliphatic carbocycles. The highest BCUT2D eigenvalue weighted by molar-refractivity contribution is 8.18.